The van der Waals surface area contributed by atoms with E-state index in [2.05, 4.69) is 0 Å². The van der Waals surface area contributed by atoms with Crippen LogP contribution in [0.2, 0.25) is 0 Å². The Hall–Kier alpha value is -1.39. The van der Waals surface area contributed by atoms with Crippen LogP contribution in [-0.2, 0) is 16.0 Å². The van der Waals surface area contributed by atoms with Gasteiger partial charge in [0.05, 0.1) is 6.10 Å². The standard InChI is InChI=1S/C14H21NO3/c1-10(18-2)8-11-4-3-5-12(9-11)13(15)6-7-14(16)17/h3-5,9-10,13H,6-8,15H2,1-2H3,(H,16,17). The number of aliphatic carboxylic acids is 1. The fraction of sp³-hybridized carbons (Fsp3) is 0.500. The third-order valence-corrected chi connectivity index (χ3v) is 2.97. The predicted octanol–water partition coefficient (Wildman–Crippen LogP) is 2.13. The Bertz CT molecular complexity index is 392. The van der Waals surface area contributed by atoms with Crippen molar-refractivity contribution < 1.29 is 14.6 Å². The summed E-state index contributed by atoms with van der Waals surface area (Å²) in [6.45, 7) is 2.01. The Labute approximate surface area is 108 Å². The molecule has 100 valence electrons. The van der Waals surface area contributed by atoms with Gasteiger partial charge in [-0.15, -0.1) is 0 Å². The highest BCUT2D eigenvalue weighted by Crippen LogP contribution is 2.18. The van der Waals surface area contributed by atoms with Crippen LogP contribution in [0.25, 0.3) is 0 Å². The summed E-state index contributed by atoms with van der Waals surface area (Å²) in [7, 11) is 1.69. The van der Waals surface area contributed by atoms with Gasteiger partial charge in [0, 0.05) is 19.6 Å². The Morgan fingerprint density at radius 2 is 2.22 bits per heavy atom. The van der Waals surface area contributed by atoms with E-state index in [1.807, 2.05) is 31.2 Å². The minimum atomic E-state index is -0.811. The average Bonchev–Trinajstić information content (AvgIpc) is 2.36. The van der Waals surface area contributed by atoms with E-state index in [-0.39, 0.29) is 18.6 Å². The van der Waals surface area contributed by atoms with E-state index in [1.54, 1.807) is 7.11 Å². The van der Waals surface area contributed by atoms with Crippen LogP contribution in [0.15, 0.2) is 24.3 Å². The lowest BCUT2D eigenvalue weighted by Crippen LogP contribution is -2.13. The second-order valence-corrected chi connectivity index (χ2v) is 4.53. The molecule has 0 saturated heterocycles. The van der Waals surface area contributed by atoms with Crippen molar-refractivity contribution in [3.63, 3.8) is 0 Å². The second kappa shape index (κ2) is 7.13. The number of benzene rings is 1. The molecule has 4 heteroatoms. The highest BCUT2D eigenvalue weighted by atomic mass is 16.5. The van der Waals surface area contributed by atoms with Crippen LogP contribution in [0.5, 0.6) is 0 Å². The fourth-order valence-electron chi connectivity index (χ4n) is 1.81. The van der Waals surface area contributed by atoms with Crippen molar-refractivity contribution in [2.75, 3.05) is 7.11 Å². The van der Waals surface area contributed by atoms with Gasteiger partial charge in [0.15, 0.2) is 0 Å². The maximum absolute atomic E-state index is 10.5. The molecule has 4 nitrogen and oxygen atoms in total. The van der Waals surface area contributed by atoms with Crippen LogP contribution in [0.1, 0.15) is 36.9 Å². The molecule has 3 N–H and O–H groups in total. The summed E-state index contributed by atoms with van der Waals surface area (Å²) < 4.78 is 5.22. The van der Waals surface area contributed by atoms with Crippen LogP contribution < -0.4 is 5.73 Å². The number of carbonyl (C=O) groups is 1. The van der Waals surface area contributed by atoms with Crippen LogP contribution in [0.4, 0.5) is 0 Å². The molecule has 2 unspecified atom stereocenters. The zero-order chi connectivity index (χ0) is 13.5. The molecule has 0 spiro atoms. The van der Waals surface area contributed by atoms with Crippen LogP contribution in [0, 0.1) is 0 Å². The van der Waals surface area contributed by atoms with E-state index < -0.39 is 5.97 Å². The largest absolute Gasteiger partial charge is 0.481 e. The summed E-state index contributed by atoms with van der Waals surface area (Å²) in [6.07, 6.45) is 1.55. The Morgan fingerprint density at radius 3 is 2.83 bits per heavy atom. The first-order valence-corrected chi connectivity index (χ1v) is 6.12. The highest BCUT2D eigenvalue weighted by Gasteiger charge is 2.10. The summed E-state index contributed by atoms with van der Waals surface area (Å²) in [6, 6.07) is 7.73. The van der Waals surface area contributed by atoms with Crippen molar-refractivity contribution in [1.82, 2.24) is 0 Å². The van der Waals surface area contributed by atoms with Gasteiger partial charge in [-0.05, 0) is 30.9 Å². The van der Waals surface area contributed by atoms with E-state index in [4.69, 9.17) is 15.6 Å². The summed E-state index contributed by atoms with van der Waals surface area (Å²) in [5.74, 6) is -0.811. The summed E-state index contributed by atoms with van der Waals surface area (Å²) >= 11 is 0. The maximum Gasteiger partial charge on any atom is 0.303 e. The van der Waals surface area contributed by atoms with E-state index in [0.29, 0.717) is 6.42 Å². The molecule has 0 radical (unpaired) electrons. The summed E-state index contributed by atoms with van der Waals surface area (Å²) in [5.41, 5.74) is 8.12. The lowest BCUT2D eigenvalue weighted by Gasteiger charge is -2.14. The average molecular weight is 251 g/mol. The van der Waals surface area contributed by atoms with Crippen molar-refractivity contribution in [3.8, 4) is 0 Å². The van der Waals surface area contributed by atoms with Crippen LogP contribution >= 0.6 is 0 Å². The first kappa shape index (κ1) is 14.7. The van der Waals surface area contributed by atoms with Crippen molar-refractivity contribution in [2.24, 2.45) is 5.73 Å². The minimum Gasteiger partial charge on any atom is -0.481 e. The first-order chi connectivity index (χ1) is 8.52. The molecule has 18 heavy (non-hydrogen) atoms. The number of methoxy groups -OCH3 is 1. The Balaban J connectivity index is 2.65. The topological polar surface area (TPSA) is 72.5 Å². The van der Waals surface area contributed by atoms with Crippen LogP contribution in [0.3, 0.4) is 0 Å². The minimum absolute atomic E-state index is 0.0971. The molecule has 0 aliphatic rings. The van der Waals surface area contributed by atoms with Gasteiger partial charge in [-0.25, -0.2) is 0 Å². The normalized spacial score (nSPS) is 14.2. The van der Waals surface area contributed by atoms with Gasteiger partial charge in [0.25, 0.3) is 0 Å². The summed E-state index contributed by atoms with van der Waals surface area (Å²) in [4.78, 5) is 10.5. The van der Waals surface area contributed by atoms with Crippen LogP contribution in [-0.4, -0.2) is 24.3 Å². The predicted molar refractivity (Wildman–Crippen MR) is 70.4 cm³/mol. The van der Waals surface area contributed by atoms with Gasteiger partial charge in [0.2, 0.25) is 0 Å². The molecular formula is C14H21NO3. The van der Waals surface area contributed by atoms with Gasteiger partial charge >= 0.3 is 5.97 Å². The smallest absolute Gasteiger partial charge is 0.303 e. The SMILES string of the molecule is COC(C)Cc1cccc(C(N)CCC(=O)O)c1. The molecule has 0 amide bonds. The molecular weight excluding hydrogens is 230 g/mol. The summed E-state index contributed by atoms with van der Waals surface area (Å²) in [5, 5.41) is 8.64. The molecule has 1 rings (SSSR count). The Morgan fingerprint density at radius 1 is 1.50 bits per heavy atom. The molecule has 1 aromatic carbocycles. The first-order valence-electron chi connectivity index (χ1n) is 6.12. The van der Waals surface area contributed by atoms with Crippen molar-refractivity contribution >= 4 is 5.97 Å². The van der Waals surface area contributed by atoms with E-state index >= 15 is 0 Å². The monoisotopic (exact) mass is 251 g/mol. The zero-order valence-electron chi connectivity index (χ0n) is 10.9. The van der Waals surface area contributed by atoms with Gasteiger partial charge in [-0.2, -0.15) is 0 Å². The number of carboxylic acid groups (broad SMARTS) is 1. The number of nitrogens with two attached hydrogens (primary N) is 1. The lowest BCUT2D eigenvalue weighted by molar-refractivity contribution is -0.137. The van der Waals surface area contributed by atoms with E-state index in [1.165, 1.54) is 0 Å². The molecule has 0 saturated carbocycles. The third-order valence-electron chi connectivity index (χ3n) is 2.97. The molecule has 0 heterocycles. The number of rotatable bonds is 7. The molecule has 0 bridgehead atoms. The van der Waals surface area contributed by atoms with E-state index in [0.717, 1.165) is 17.5 Å². The van der Waals surface area contributed by atoms with Gasteiger partial charge < -0.3 is 15.6 Å². The second-order valence-electron chi connectivity index (χ2n) is 4.53. The number of carboxylic acids is 1. The lowest BCUT2D eigenvalue weighted by atomic mass is 9.99. The third kappa shape index (κ3) is 4.85. The number of hydrogen-bond acceptors (Lipinski definition) is 3. The maximum atomic E-state index is 10.5. The number of hydrogen-bond donors (Lipinski definition) is 2. The fourth-order valence-corrected chi connectivity index (χ4v) is 1.81. The zero-order valence-corrected chi connectivity index (χ0v) is 10.9. The van der Waals surface area contributed by atoms with Gasteiger partial charge in [-0.3, -0.25) is 4.79 Å². The van der Waals surface area contributed by atoms with Crippen molar-refractivity contribution in [2.45, 2.75) is 38.3 Å². The molecule has 0 aromatic heterocycles. The van der Waals surface area contributed by atoms with Gasteiger partial charge in [-0.1, -0.05) is 24.3 Å². The number of ether oxygens (including phenoxy) is 1. The van der Waals surface area contributed by atoms with E-state index in [9.17, 15) is 4.79 Å². The molecule has 1 aromatic rings. The van der Waals surface area contributed by atoms with Gasteiger partial charge in [0.1, 0.15) is 0 Å². The van der Waals surface area contributed by atoms with Crippen molar-refractivity contribution in [1.29, 1.82) is 0 Å². The van der Waals surface area contributed by atoms with Crippen molar-refractivity contribution in [3.05, 3.63) is 35.4 Å². The quantitative estimate of drug-likeness (QED) is 0.778. The molecule has 0 fully saturated rings. The molecule has 0 aliphatic heterocycles. The molecule has 0 aliphatic carbocycles. The molecule has 2 atom stereocenters. The Kier molecular flexibility index (Phi) is 5.82. The highest BCUT2D eigenvalue weighted by molar-refractivity contribution is 5.66.